The van der Waals surface area contributed by atoms with Crippen molar-refractivity contribution in [3.63, 3.8) is 0 Å². The van der Waals surface area contributed by atoms with Gasteiger partial charge in [-0.1, -0.05) is 37.6 Å². The lowest BCUT2D eigenvalue weighted by Crippen LogP contribution is -2.60. The summed E-state index contributed by atoms with van der Waals surface area (Å²) in [5, 5.41) is 17.7. The summed E-state index contributed by atoms with van der Waals surface area (Å²) in [4.78, 5) is 0. The first kappa shape index (κ1) is 20.0. The second-order valence-corrected chi connectivity index (χ2v) is 10.3. The number of hydrogen-bond donors (Lipinski definition) is 0. The molecule has 0 N–H and O–H groups in total. The average molecular weight is 413 g/mol. The average Bonchev–Trinajstić information content (AvgIpc) is 2.74. The molecule has 0 amide bonds. The van der Waals surface area contributed by atoms with Crippen LogP contribution in [0.2, 0.25) is 0 Å². The third kappa shape index (κ3) is 3.26. The topological polar surface area (TPSA) is 66.0 Å². The Morgan fingerprint density at radius 1 is 0.774 bits per heavy atom. The molecule has 6 rings (SSSR count). The van der Waals surface area contributed by atoms with E-state index in [0.29, 0.717) is 16.9 Å². The fourth-order valence-corrected chi connectivity index (χ4v) is 7.95. The molecule has 0 saturated heterocycles. The predicted molar refractivity (Wildman–Crippen MR) is 117 cm³/mol. The standard InChI is InChI=1S/C27H28N2O2/c1-2-11-25-12-20-13-26(15-25,21-3-7-23(8-4-21)30-18-28)17-27(14-20,16-25)22-5-9-24(10-6-22)31-19-29/h3-10,20H,2,11-17H2,1H3. The van der Waals surface area contributed by atoms with Crippen molar-refractivity contribution in [3.05, 3.63) is 59.7 Å². The zero-order valence-corrected chi connectivity index (χ0v) is 18.1. The number of benzene rings is 2. The number of nitrogens with zero attached hydrogens (tertiary/aromatic N) is 2. The van der Waals surface area contributed by atoms with Crippen LogP contribution in [0.25, 0.3) is 0 Å². The summed E-state index contributed by atoms with van der Waals surface area (Å²) in [5.41, 5.74) is 3.56. The van der Waals surface area contributed by atoms with Crippen LogP contribution in [0.5, 0.6) is 11.5 Å². The number of ether oxygens (including phenoxy) is 2. The number of rotatable bonds is 6. The first-order chi connectivity index (χ1) is 15.0. The Morgan fingerprint density at radius 3 is 1.68 bits per heavy atom. The van der Waals surface area contributed by atoms with E-state index in [-0.39, 0.29) is 10.8 Å². The van der Waals surface area contributed by atoms with Crippen LogP contribution in [0.15, 0.2) is 48.5 Å². The minimum atomic E-state index is 0.182. The van der Waals surface area contributed by atoms with E-state index in [0.717, 1.165) is 5.92 Å². The first-order valence-electron chi connectivity index (χ1n) is 11.4. The van der Waals surface area contributed by atoms with Crippen LogP contribution in [-0.4, -0.2) is 0 Å². The second kappa shape index (κ2) is 7.31. The van der Waals surface area contributed by atoms with E-state index in [2.05, 4.69) is 31.2 Å². The second-order valence-electron chi connectivity index (χ2n) is 10.3. The van der Waals surface area contributed by atoms with Gasteiger partial charge in [0.05, 0.1) is 0 Å². The van der Waals surface area contributed by atoms with Gasteiger partial charge in [-0.25, -0.2) is 0 Å². The van der Waals surface area contributed by atoms with Crippen molar-refractivity contribution in [2.24, 2.45) is 11.3 Å². The molecule has 4 saturated carbocycles. The molecule has 0 spiro atoms. The Bertz CT molecular complexity index is 969. The van der Waals surface area contributed by atoms with E-state index in [9.17, 15) is 0 Å². The van der Waals surface area contributed by atoms with E-state index in [1.165, 1.54) is 62.5 Å². The maximum atomic E-state index is 8.83. The van der Waals surface area contributed by atoms with Crippen LogP contribution >= 0.6 is 0 Å². The van der Waals surface area contributed by atoms with Crippen molar-refractivity contribution >= 4 is 0 Å². The Labute approximate surface area is 184 Å². The van der Waals surface area contributed by atoms with Gasteiger partial charge in [0.15, 0.2) is 0 Å². The molecule has 0 heterocycles. The molecule has 2 aromatic rings. The third-order valence-corrected chi connectivity index (χ3v) is 8.22. The van der Waals surface area contributed by atoms with Crippen molar-refractivity contribution in [2.75, 3.05) is 0 Å². The zero-order chi connectivity index (χ0) is 21.5. The van der Waals surface area contributed by atoms with Gasteiger partial charge in [0.2, 0.25) is 0 Å². The highest BCUT2D eigenvalue weighted by molar-refractivity contribution is 5.42. The van der Waals surface area contributed by atoms with E-state index in [4.69, 9.17) is 20.0 Å². The van der Waals surface area contributed by atoms with Gasteiger partial charge in [0.1, 0.15) is 11.5 Å². The smallest absolute Gasteiger partial charge is 0.292 e. The Hall–Kier alpha value is -2.98. The van der Waals surface area contributed by atoms with Gasteiger partial charge in [-0.2, -0.15) is 0 Å². The highest BCUT2D eigenvalue weighted by Crippen LogP contribution is 2.71. The van der Waals surface area contributed by atoms with Crippen LogP contribution in [-0.2, 0) is 10.8 Å². The summed E-state index contributed by atoms with van der Waals surface area (Å²) in [6.07, 6.45) is 13.6. The van der Waals surface area contributed by atoms with Crippen molar-refractivity contribution in [1.29, 1.82) is 10.5 Å². The molecule has 4 fully saturated rings. The molecule has 0 aliphatic heterocycles. The molecule has 0 radical (unpaired) electrons. The van der Waals surface area contributed by atoms with Crippen molar-refractivity contribution in [1.82, 2.24) is 0 Å². The van der Waals surface area contributed by atoms with Gasteiger partial charge < -0.3 is 9.47 Å². The first-order valence-corrected chi connectivity index (χ1v) is 11.4. The molecule has 4 bridgehead atoms. The lowest BCUT2D eigenvalue weighted by atomic mass is 9.37. The number of hydrogen-bond acceptors (Lipinski definition) is 4. The van der Waals surface area contributed by atoms with Crippen molar-refractivity contribution in [3.8, 4) is 24.0 Å². The summed E-state index contributed by atoms with van der Waals surface area (Å²) in [7, 11) is 0. The monoisotopic (exact) mass is 412 g/mol. The van der Waals surface area contributed by atoms with E-state index >= 15 is 0 Å². The summed E-state index contributed by atoms with van der Waals surface area (Å²) < 4.78 is 10.1. The van der Waals surface area contributed by atoms with Crippen LogP contribution in [0.3, 0.4) is 0 Å². The van der Waals surface area contributed by atoms with Gasteiger partial charge in [0.25, 0.3) is 12.5 Å². The van der Waals surface area contributed by atoms with Crippen LogP contribution in [0, 0.1) is 34.4 Å². The molecule has 158 valence electrons. The Morgan fingerprint density at radius 2 is 1.26 bits per heavy atom. The molecule has 2 unspecified atom stereocenters. The van der Waals surface area contributed by atoms with Crippen molar-refractivity contribution < 1.29 is 9.47 Å². The van der Waals surface area contributed by atoms with Gasteiger partial charge in [-0.05, 0) is 103 Å². The lowest BCUT2D eigenvalue weighted by Gasteiger charge is -2.67. The fourth-order valence-electron chi connectivity index (χ4n) is 7.95. The maximum absolute atomic E-state index is 8.83. The third-order valence-electron chi connectivity index (χ3n) is 8.22. The molecular weight excluding hydrogens is 384 g/mol. The molecule has 0 aromatic heterocycles. The summed E-state index contributed by atoms with van der Waals surface area (Å²) in [6.45, 7) is 2.32. The van der Waals surface area contributed by atoms with Gasteiger partial charge in [-0.15, -0.1) is 10.5 Å². The summed E-state index contributed by atoms with van der Waals surface area (Å²) in [6, 6.07) is 16.6. The molecule has 2 aromatic carbocycles. The zero-order valence-electron chi connectivity index (χ0n) is 18.1. The van der Waals surface area contributed by atoms with E-state index in [1.807, 2.05) is 24.3 Å². The molecule has 2 atom stereocenters. The molecule has 4 aliphatic rings. The maximum Gasteiger partial charge on any atom is 0.292 e. The highest BCUT2D eigenvalue weighted by Gasteiger charge is 2.63. The molecule has 4 nitrogen and oxygen atoms in total. The van der Waals surface area contributed by atoms with Crippen molar-refractivity contribution in [2.45, 2.75) is 69.1 Å². The minimum absolute atomic E-state index is 0.182. The minimum Gasteiger partial charge on any atom is -0.388 e. The largest absolute Gasteiger partial charge is 0.388 e. The Kier molecular flexibility index (Phi) is 4.71. The van der Waals surface area contributed by atoms with Gasteiger partial charge in [0, 0.05) is 0 Å². The fraction of sp³-hybridized carbons (Fsp3) is 0.481. The van der Waals surface area contributed by atoms with E-state index in [1.54, 1.807) is 12.5 Å². The molecule has 4 heteroatoms. The Balaban J connectivity index is 1.56. The lowest BCUT2D eigenvalue weighted by molar-refractivity contribution is -0.0944. The molecular formula is C27H28N2O2. The summed E-state index contributed by atoms with van der Waals surface area (Å²) in [5.74, 6) is 1.97. The van der Waals surface area contributed by atoms with E-state index < -0.39 is 0 Å². The predicted octanol–water partition coefficient (Wildman–Crippen LogP) is 6.37. The highest BCUT2D eigenvalue weighted by atomic mass is 16.5. The normalized spacial score (nSPS) is 32.8. The van der Waals surface area contributed by atoms with Crippen LogP contribution in [0.1, 0.15) is 69.4 Å². The van der Waals surface area contributed by atoms with Gasteiger partial charge >= 0.3 is 0 Å². The van der Waals surface area contributed by atoms with Gasteiger partial charge in [-0.3, -0.25) is 0 Å². The summed E-state index contributed by atoms with van der Waals surface area (Å²) >= 11 is 0. The molecule has 31 heavy (non-hydrogen) atoms. The van der Waals surface area contributed by atoms with Crippen LogP contribution < -0.4 is 9.47 Å². The SMILES string of the molecule is CCCC12CC3CC(c4ccc(OC#N)cc4)(C1)CC(c1ccc(OC#N)cc1)(C3)C2. The number of nitriles is 2. The quantitative estimate of drug-likeness (QED) is 0.517. The van der Waals surface area contributed by atoms with Crippen LogP contribution in [0.4, 0.5) is 0 Å². The molecule has 4 aliphatic carbocycles.